The van der Waals surface area contributed by atoms with Crippen LogP contribution in [0.3, 0.4) is 0 Å². The van der Waals surface area contributed by atoms with Gasteiger partial charge in [0.05, 0.1) is 5.92 Å². The van der Waals surface area contributed by atoms with E-state index in [1.165, 1.54) is 24.3 Å². The van der Waals surface area contributed by atoms with E-state index in [1.807, 2.05) is 0 Å². The fourth-order valence-electron chi connectivity index (χ4n) is 3.20. The zero-order chi connectivity index (χ0) is 21.5. The second kappa shape index (κ2) is 10.2. The minimum atomic E-state index is -0.439. The number of amides is 2. The van der Waals surface area contributed by atoms with Crippen molar-refractivity contribution in [3.8, 4) is 0 Å². The van der Waals surface area contributed by atoms with Gasteiger partial charge >= 0.3 is 5.97 Å². The molecule has 30 heavy (non-hydrogen) atoms. The van der Waals surface area contributed by atoms with Crippen molar-refractivity contribution in [2.75, 3.05) is 19.7 Å². The molecule has 2 aromatic carbocycles. The number of carbonyl (C=O) groups is 3. The molecular formula is C22H22ClFN2O4. The first-order chi connectivity index (χ1) is 14.4. The molecule has 1 aliphatic rings. The summed E-state index contributed by atoms with van der Waals surface area (Å²) in [6.07, 6.45) is 0.913. The first kappa shape index (κ1) is 21.8. The van der Waals surface area contributed by atoms with Crippen LogP contribution < -0.4 is 5.32 Å². The van der Waals surface area contributed by atoms with E-state index in [0.717, 1.165) is 5.56 Å². The van der Waals surface area contributed by atoms with Gasteiger partial charge in [0.25, 0.3) is 11.8 Å². The summed E-state index contributed by atoms with van der Waals surface area (Å²) in [6.45, 7) is 0.774. The second-order valence-electron chi connectivity index (χ2n) is 7.08. The molecule has 2 amide bonds. The summed E-state index contributed by atoms with van der Waals surface area (Å²) >= 11 is 5.82. The molecule has 1 aliphatic heterocycles. The first-order valence-electron chi connectivity index (χ1n) is 9.65. The zero-order valence-electron chi connectivity index (χ0n) is 16.3. The highest BCUT2D eigenvalue weighted by atomic mass is 35.5. The van der Waals surface area contributed by atoms with Crippen molar-refractivity contribution >= 4 is 29.4 Å². The fraction of sp³-hybridized carbons (Fsp3) is 0.318. The quantitative estimate of drug-likeness (QED) is 0.711. The van der Waals surface area contributed by atoms with Gasteiger partial charge in [-0.2, -0.15) is 0 Å². The Morgan fingerprint density at radius 2 is 1.67 bits per heavy atom. The summed E-state index contributed by atoms with van der Waals surface area (Å²) in [5, 5.41) is 3.30. The third kappa shape index (κ3) is 6.03. The molecule has 0 atom stereocenters. The molecule has 2 aromatic rings. The Hall–Kier alpha value is -2.93. The highest BCUT2D eigenvalue weighted by Gasteiger charge is 2.29. The number of nitrogens with one attached hydrogen (secondary N) is 1. The molecule has 0 bridgehead atoms. The maximum atomic E-state index is 13.0. The second-order valence-corrected chi connectivity index (χ2v) is 7.52. The van der Waals surface area contributed by atoms with E-state index in [4.69, 9.17) is 16.3 Å². The van der Waals surface area contributed by atoms with Gasteiger partial charge in [0.2, 0.25) is 0 Å². The topological polar surface area (TPSA) is 75.7 Å². The van der Waals surface area contributed by atoms with Crippen molar-refractivity contribution in [2.45, 2.75) is 19.4 Å². The molecule has 158 valence electrons. The molecule has 3 rings (SSSR count). The predicted molar refractivity (Wildman–Crippen MR) is 109 cm³/mol. The lowest BCUT2D eigenvalue weighted by molar-refractivity contribution is -0.153. The van der Waals surface area contributed by atoms with Crippen LogP contribution in [-0.4, -0.2) is 42.4 Å². The Morgan fingerprint density at radius 1 is 1.03 bits per heavy atom. The standard InChI is InChI=1S/C22H22ClFN2O4/c23-18-5-1-15(2-6-18)13-25-20(27)14-30-22(29)17-9-11-26(12-10-17)21(28)16-3-7-19(24)8-4-16/h1-8,17H,9-14H2,(H,25,27). The molecule has 0 saturated carbocycles. The normalized spacial score (nSPS) is 14.3. The van der Waals surface area contributed by atoms with Crippen molar-refractivity contribution in [2.24, 2.45) is 5.92 Å². The molecule has 1 saturated heterocycles. The van der Waals surface area contributed by atoms with Crippen LogP contribution in [0.4, 0.5) is 4.39 Å². The van der Waals surface area contributed by atoms with Crippen molar-refractivity contribution in [1.29, 1.82) is 0 Å². The van der Waals surface area contributed by atoms with Crippen LogP contribution in [0.15, 0.2) is 48.5 Å². The van der Waals surface area contributed by atoms with Crippen LogP contribution >= 0.6 is 11.6 Å². The maximum Gasteiger partial charge on any atom is 0.309 e. The van der Waals surface area contributed by atoms with Crippen LogP contribution in [0.25, 0.3) is 0 Å². The highest BCUT2D eigenvalue weighted by molar-refractivity contribution is 6.30. The minimum absolute atomic E-state index is 0.191. The van der Waals surface area contributed by atoms with E-state index in [0.29, 0.717) is 43.1 Å². The van der Waals surface area contributed by atoms with Gasteiger partial charge < -0.3 is 15.0 Å². The molecule has 1 fully saturated rings. The van der Waals surface area contributed by atoms with Gasteiger partial charge in [-0.15, -0.1) is 0 Å². The van der Waals surface area contributed by atoms with Crippen LogP contribution in [-0.2, 0) is 20.9 Å². The van der Waals surface area contributed by atoms with E-state index in [-0.39, 0.29) is 24.3 Å². The minimum Gasteiger partial charge on any atom is -0.455 e. The third-order valence-corrected chi connectivity index (χ3v) is 5.21. The number of rotatable bonds is 6. The predicted octanol–water partition coefficient (Wildman–Crippen LogP) is 3.19. The van der Waals surface area contributed by atoms with Crippen LogP contribution in [0.2, 0.25) is 5.02 Å². The Bertz CT molecular complexity index is 894. The average molecular weight is 433 g/mol. The lowest BCUT2D eigenvalue weighted by atomic mass is 9.96. The number of hydrogen-bond acceptors (Lipinski definition) is 4. The number of nitrogens with zero attached hydrogens (tertiary/aromatic N) is 1. The van der Waals surface area contributed by atoms with Crippen molar-refractivity contribution in [1.82, 2.24) is 10.2 Å². The molecule has 8 heteroatoms. The van der Waals surface area contributed by atoms with E-state index in [1.54, 1.807) is 29.2 Å². The molecule has 0 aliphatic carbocycles. The monoisotopic (exact) mass is 432 g/mol. The molecule has 0 radical (unpaired) electrons. The van der Waals surface area contributed by atoms with Gasteiger partial charge in [-0.3, -0.25) is 14.4 Å². The Morgan fingerprint density at radius 3 is 2.30 bits per heavy atom. The van der Waals surface area contributed by atoms with E-state index >= 15 is 0 Å². The number of benzene rings is 2. The molecular weight excluding hydrogens is 411 g/mol. The lowest BCUT2D eigenvalue weighted by Gasteiger charge is -2.31. The first-order valence-corrected chi connectivity index (χ1v) is 10.0. The summed E-state index contributed by atoms with van der Waals surface area (Å²) in [7, 11) is 0. The number of halogens is 2. The number of likely N-dealkylation sites (tertiary alicyclic amines) is 1. The number of piperidine rings is 1. The van der Waals surface area contributed by atoms with Crippen molar-refractivity contribution in [3.05, 3.63) is 70.5 Å². The van der Waals surface area contributed by atoms with Crippen molar-refractivity contribution < 1.29 is 23.5 Å². The maximum absolute atomic E-state index is 13.0. The van der Waals surface area contributed by atoms with Gasteiger partial charge in [-0.1, -0.05) is 23.7 Å². The number of hydrogen-bond donors (Lipinski definition) is 1. The summed E-state index contributed by atoms with van der Waals surface area (Å²) in [6, 6.07) is 12.4. The van der Waals surface area contributed by atoms with Gasteiger partial charge in [0.15, 0.2) is 6.61 Å². The average Bonchev–Trinajstić information content (AvgIpc) is 2.77. The molecule has 1 heterocycles. The van der Waals surface area contributed by atoms with E-state index < -0.39 is 11.8 Å². The summed E-state index contributed by atoms with van der Waals surface area (Å²) in [5.74, 6) is -1.77. The van der Waals surface area contributed by atoms with E-state index in [9.17, 15) is 18.8 Å². The molecule has 6 nitrogen and oxygen atoms in total. The molecule has 1 N–H and O–H groups in total. The number of esters is 1. The molecule has 0 unspecified atom stereocenters. The van der Waals surface area contributed by atoms with Gasteiger partial charge in [0.1, 0.15) is 5.82 Å². The molecule has 0 spiro atoms. The number of ether oxygens (including phenoxy) is 1. The van der Waals surface area contributed by atoms with Gasteiger partial charge in [-0.25, -0.2) is 4.39 Å². The van der Waals surface area contributed by atoms with Crippen molar-refractivity contribution in [3.63, 3.8) is 0 Å². The number of carbonyl (C=O) groups excluding carboxylic acids is 3. The Kier molecular flexibility index (Phi) is 7.41. The third-order valence-electron chi connectivity index (χ3n) is 4.96. The summed E-state index contributed by atoms with van der Waals surface area (Å²) in [4.78, 5) is 38.2. The summed E-state index contributed by atoms with van der Waals surface area (Å²) in [5.41, 5.74) is 1.30. The zero-order valence-corrected chi connectivity index (χ0v) is 17.0. The molecule has 0 aromatic heterocycles. The van der Waals surface area contributed by atoms with Gasteiger partial charge in [0, 0.05) is 30.2 Å². The Labute approximate surface area is 179 Å². The van der Waals surface area contributed by atoms with Crippen LogP contribution in [0.1, 0.15) is 28.8 Å². The fourth-order valence-corrected chi connectivity index (χ4v) is 3.33. The summed E-state index contributed by atoms with van der Waals surface area (Å²) < 4.78 is 18.1. The lowest BCUT2D eigenvalue weighted by Crippen LogP contribution is -2.41. The SMILES string of the molecule is O=C(COC(=O)C1CCN(C(=O)c2ccc(F)cc2)CC1)NCc1ccc(Cl)cc1. The van der Waals surface area contributed by atoms with E-state index in [2.05, 4.69) is 5.32 Å². The Balaban J connectivity index is 1.38. The highest BCUT2D eigenvalue weighted by Crippen LogP contribution is 2.20. The van der Waals surface area contributed by atoms with Crippen LogP contribution in [0.5, 0.6) is 0 Å². The van der Waals surface area contributed by atoms with Crippen LogP contribution in [0, 0.1) is 11.7 Å². The largest absolute Gasteiger partial charge is 0.455 e. The smallest absolute Gasteiger partial charge is 0.309 e. The van der Waals surface area contributed by atoms with Gasteiger partial charge in [-0.05, 0) is 54.8 Å².